The topological polar surface area (TPSA) is 62.2 Å². The van der Waals surface area contributed by atoms with Crippen LogP contribution in [0, 0.1) is 19.3 Å². The summed E-state index contributed by atoms with van der Waals surface area (Å²) in [6.45, 7) is 2.36. The lowest BCUT2D eigenvalue weighted by molar-refractivity contribution is 0.0697. The Kier molecular flexibility index (Phi) is 3.69. The van der Waals surface area contributed by atoms with Crippen molar-refractivity contribution in [2.75, 3.05) is 11.9 Å². The third-order valence-corrected chi connectivity index (χ3v) is 1.86. The van der Waals surface area contributed by atoms with Crippen LogP contribution in [0.1, 0.15) is 22.5 Å². The SMILES string of the molecule is C#CCCNc1cc(C)ncc1C(=O)O. The van der Waals surface area contributed by atoms with Crippen molar-refractivity contribution in [3.05, 3.63) is 23.5 Å². The first-order valence-electron chi connectivity index (χ1n) is 4.52. The molecule has 0 saturated heterocycles. The number of rotatable bonds is 4. The normalized spacial score (nSPS) is 9.33. The highest BCUT2D eigenvalue weighted by molar-refractivity contribution is 5.93. The number of terminal acetylenes is 1. The van der Waals surface area contributed by atoms with Gasteiger partial charge in [-0.25, -0.2) is 4.79 Å². The summed E-state index contributed by atoms with van der Waals surface area (Å²) in [4.78, 5) is 14.8. The van der Waals surface area contributed by atoms with Gasteiger partial charge in [-0.3, -0.25) is 4.98 Å². The number of aryl methyl sites for hydroxylation is 1. The number of anilines is 1. The van der Waals surface area contributed by atoms with Gasteiger partial charge < -0.3 is 10.4 Å². The highest BCUT2D eigenvalue weighted by atomic mass is 16.4. The molecule has 1 aromatic rings. The Bertz CT molecular complexity index is 408. The van der Waals surface area contributed by atoms with Gasteiger partial charge in [0, 0.05) is 24.9 Å². The number of aromatic carboxylic acids is 1. The molecular weight excluding hydrogens is 192 g/mol. The molecule has 1 heterocycles. The summed E-state index contributed by atoms with van der Waals surface area (Å²) >= 11 is 0. The van der Waals surface area contributed by atoms with Crippen LogP contribution in [0.15, 0.2) is 12.3 Å². The Hall–Kier alpha value is -2.02. The summed E-state index contributed by atoms with van der Waals surface area (Å²) in [5.41, 5.74) is 1.49. The van der Waals surface area contributed by atoms with Crippen molar-refractivity contribution in [2.45, 2.75) is 13.3 Å². The molecule has 0 radical (unpaired) electrons. The van der Waals surface area contributed by atoms with Crippen LogP contribution in [0.2, 0.25) is 0 Å². The largest absolute Gasteiger partial charge is 0.478 e. The molecule has 1 rings (SSSR count). The fraction of sp³-hybridized carbons (Fsp3) is 0.273. The lowest BCUT2D eigenvalue weighted by Gasteiger charge is -2.08. The zero-order valence-electron chi connectivity index (χ0n) is 8.45. The van der Waals surface area contributed by atoms with E-state index in [0.717, 1.165) is 5.69 Å². The Morgan fingerprint density at radius 3 is 3.07 bits per heavy atom. The third kappa shape index (κ3) is 2.99. The van der Waals surface area contributed by atoms with Crippen LogP contribution < -0.4 is 5.32 Å². The summed E-state index contributed by atoms with van der Waals surface area (Å²) in [6, 6.07) is 1.69. The van der Waals surface area contributed by atoms with Gasteiger partial charge in [-0.15, -0.1) is 12.3 Å². The average molecular weight is 204 g/mol. The molecule has 1 aromatic heterocycles. The second-order valence-electron chi connectivity index (χ2n) is 3.06. The van der Waals surface area contributed by atoms with Crippen LogP contribution in [0.25, 0.3) is 0 Å². The summed E-state index contributed by atoms with van der Waals surface area (Å²) in [5, 5.41) is 11.9. The molecule has 78 valence electrons. The van der Waals surface area contributed by atoms with Crippen molar-refractivity contribution in [2.24, 2.45) is 0 Å². The van der Waals surface area contributed by atoms with Gasteiger partial charge in [0.2, 0.25) is 0 Å². The highest BCUT2D eigenvalue weighted by Crippen LogP contribution is 2.15. The van der Waals surface area contributed by atoms with Gasteiger partial charge in [-0.05, 0) is 13.0 Å². The first-order valence-corrected chi connectivity index (χ1v) is 4.52. The molecule has 0 aliphatic carbocycles. The number of pyridine rings is 1. The predicted octanol–water partition coefficient (Wildman–Crippen LogP) is 1.52. The van der Waals surface area contributed by atoms with Crippen LogP contribution in [0.4, 0.5) is 5.69 Å². The number of carboxylic acid groups (broad SMARTS) is 1. The molecule has 4 nitrogen and oxygen atoms in total. The summed E-state index contributed by atoms with van der Waals surface area (Å²) in [7, 11) is 0. The van der Waals surface area contributed by atoms with E-state index in [4.69, 9.17) is 11.5 Å². The Morgan fingerprint density at radius 2 is 2.47 bits per heavy atom. The molecule has 0 fully saturated rings. The molecule has 0 aromatic carbocycles. The first-order chi connectivity index (χ1) is 7.15. The molecule has 0 aliphatic heterocycles. The standard InChI is InChI=1S/C11H12N2O2/c1-3-4-5-12-10-6-8(2)13-7-9(10)11(14)15/h1,6-7H,4-5H2,2H3,(H,12,13)(H,14,15). The Labute approximate surface area is 88.3 Å². The van der Waals surface area contributed by atoms with Gasteiger partial charge in [-0.1, -0.05) is 0 Å². The number of aromatic nitrogens is 1. The minimum atomic E-state index is -0.995. The second kappa shape index (κ2) is 5.01. The summed E-state index contributed by atoms with van der Waals surface area (Å²) in [6.07, 6.45) is 7.00. The third-order valence-electron chi connectivity index (χ3n) is 1.86. The molecule has 0 spiro atoms. The number of carbonyl (C=O) groups is 1. The van der Waals surface area contributed by atoms with E-state index in [9.17, 15) is 4.79 Å². The minimum absolute atomic E-state index is 0.164. The molecule has 0 atom stereocenters. The predicted molar refractivity (Wildman–Crippen MR) is 57.9 cm³/mol. The van der Waals surface area contributed by atoms with Crippen LogP contribution in [-0.4, -0.2) is 22.6 Å². The molecule has 0 aliphatic rings. The van der Waals surface area contributed by atoms with E-state index in [-0.39, 0.29) is 5.56 Å². The molecule has 0 bridgehead atoms. The van der Waals surface area contributed by atoms with E-state index in [2.05, 4.69) is 16.2 Å². The molecule has 2 N–H and O–H groups in total. The molecule has 15 heavy (non-hydrogen) atoms. The van der Waals surface area contributed by atoms with Gasteiger partial charge in [0.15, 0.2) is 0 Å². The number of hydrogen-bond donors (Lipinski definition) is 2. The quantitative estimate of drug-likeness (QED) is 0.576. The van der Waals surface area contributed by atoms with Gasteiger partial charge >= 0.3 is 5.97 Å². The summed E-state index contributed by atoms with van der Waals surface area (Å²) in [5.74, 6) is 1.48. The lowest BCUT2D eigenvalue weighted by atomic mass is 10.2. The monoisotopic (exact) mass is 204 g/mol. The fourth-order valence-electron chi connectivity index (χ4n) is 1.15. The van der Waals surface area contributed by atoms with Crippen molar-refractivity contribution in [1.82, 2.24) is 4.98 Å². The van der Waals surface area contributed by atoms with Gasteiger partial charge in [-0.2, -0.15) is 0 Å². The van der Waals surface area contributed by atoms with Crippen LogP contribution in [-0.2, 0) is 0 Å². The van der Waals surface area contributed by atoms with Crippen LogP contribution >= 0.6 is 0 Å². The zero-order valence-corrected chi connectivity index (χ0v) is 8.45. The van der Waals surface area contributed by atoms with E-state index in [1.54, 1.807) is 13.0 Å². The van der Waals surface area contributed by atoms with Crippen molar-refractivity contribution >= 4 is 11.7 Å². The number of carboxylic acids is 1. The van der Waals surface area contributed by atoms with Crippen molar-refractivity contribution in [3.63, 3.8) is 0 Å². The maximum absolute atomic E-state index is 10.8. The van der Waals surface area contributed by atoms with E-state index in [1.165, 1.54) is 6.20 Å². The van der Waals surface area contributed by atoms with E-state index in [0.29, 0.717) is 18.7 Å². The van der Waals surface area contributed by atoms with Crippen LogP contribution in [0.5, 0.6) is 0 Å². The highest BCUT2D eigenvalue weighted by Gasteiger charge is 2.09. The fourth-order valence-corrected chi connectivity index (χ4v) is 1.15. The molecule has 0 saturated carbocycles. The lowest BCUT2D eigenvalue weighted by Crippen LogP contribution is -2.08. The van der Waals surface area contributed by atoms with Crippen molar-refractivity contribution in [3.8, 4) is 12.3 Å². The molecule has 0 amide bonds. The minimum Gasteiger partial charge on any atom is -0.478 e. The smallest absolute Gasteiger partial charge is 0.339 e. The van der Waals surface area contributed by atoms with Gasteiger partial charge in [0.25, 0.3) is 0 Å². The van der Waals surface area contributed by atoms with E-state index in [1.807, 2.05) is 0 Å². The van der Waals surface area contributed by atoms with Crippen molar-refractivity contribution in [1.29, 1.82) is 0 Å². The zero-order chi connectivity index (χ0) is 11.3. The van der Waals surface area contributed by atoms with Gasteiger partial charge in [0.05, 0.1) is 5.69 Å². The second-order valence-corrected chi connectivity index (χ2v) is 3.06. The Balaban J connectivity index is 2.88. The van der Waals surface area contributed by atoms with E-state index < -0.39 is 5.97 Å². The Morgan fingerprint density at radius 1 is 1.73 bits per heavy atom. The summed E-state index contributed by atoms with van der Waals surface area (Å²) < 4.78 is 0. The molecule has 4 heteroatoms. The first kappa shape index (κ1) is 11.1. The molecular formula is C11H12N2O2. The number of nitrogens with zero attached hydrogens (tertiary/aromatic N) is 1. The maximum Gasteiger partial charge on any atom is 0.339 e. The molecule has 0 unspecified atom stereocenters. The number of nitrogens with one attached hydrogen (secondary N) is 1. The maximum atomic E-state index is 10.8. The van der Waals surface area contributed by atoms with E-state index >= 15 is 0 Å². The van der Waals surface area contributed by atoms with Gasteiger partial charge in [0.1, 0.15) is 5.56 Å². The number of hydrogen-bond acceptors (Lipinski definition) is 3. The van der Waals surface area contributed by atoms with Crippen LogP contribution in [0.3, 0.4) is 0 Å². The van der Waals surface area contributed by atoms with Crippen molar-refractivity contribution < 1.29 is 9.90 Å². The average Bonchev–Trinajstić information content (AvgIpc) is 2.18.